The molecule has 0 saturated heterocycles. The van der Waals surface area contributed by atoms with Gasteiger partial charge in [-0.3, -0.25) is 0 Å². The fourth-order valence-corrected chi connectivity index (χ4v) is 1.92. The molecule has 1 aliphatic carbocycles. The van der Waals surface area contributed by atoms with E-state index in [0.717, 1.165) is 19.3 Å². The van der Waals surface area contributed by atoms with Gasteiger partial charge < -0.3 is 21.1 Å². The molecule has 2 rings (SSSR count). The van der Waals surface area contributed by atoms with E-state index in [1.807, 2.05) is 0 Å². The summed E-state index contributed by atoms with van der Waals surface area (Å²) in [7, 11) is 0. The van der Waals surface area contributed by atoms with E-state index >= 15 is 0 Å². The Morgan fingerprint density at radius 3 is 1.93 bits per heavy atom. The molecule has 0 atom stereocenters. The van der Waals surface area contributed by atoms with Gasteiger partial charge in [0.05, 0.1) is 5.56 Å². The van der Waals surface area contributed by atoms with Gasteiger partial charge in [0.25, 0.3) is 0 Å². The van der Waals surface area contributed by atoms with Crippen LogP contribution in [0.3, 0.4) is 0 Å². The van der Waals surface area contributed by atoms with E-state index in [9.17, 15) is 10.2 Å². The lowest BCUT2D eigenvalue weighted by Crippen LogP contribution is -2.43. The van der Waals surface area contributed by atoms with E-state index in [0.29, 0.717) is 5.56 Å². The summed E-state index contributed by atoms with van der Waals surface area (Å²) in [6, 6.07) is 2.39. The van der Waals surface area contributed by atoms with Crippen molar-refractivity contribution >= 4 is 0 Å². The minimum absolute atomic E-state index is 0.135. The lowest BCUT2D eigenvalue weighted by atomic mass is 9.72. The molecule has 76 valence electrons. The van der Waals surface area contributed by atoms with Crippen molar-refractivity contribution in [2.75, 3.05) is 0 Å². The third kappa shape index (κ3) is 1.19. The van der Waals surface area contributed by atoms with Crippen LogP contribution < -0.4 is 5.73 Å². The van der Waals surface area contributed by atoms with Crippen LogP contribution in [0.1, 0.15) is 24.8 Å². The summed E-state index contributed by atoms with van der Waals surface area (Å²) < 4.78 is 0. The number of nitrogens with two attached hydrogens (primary N) is 1. The summed E-state index contributed by atoms with van der Waals surface area (Å²) in [5.41, 5.74) is 5.70. The molecule has 0 aromatic heterocycles. The summed E-state index contributed by atoms with van der Waals surface area (Å²) >= 11 is 0. The monoisotopic (exact) mass is 195 g/mol. The van der Waals surface area contributed by atoms with Crippen molar-refractivity contribution in [1.29, 1.82) is 0 Å². The second-order valence-electron chi connectivity index (χ2n) is 3.87. The first kappa shape index (κ1) is 9.15. The van der Waals surface area contributed by atoms with Crippen LogP contribution in [0.25, 0.3) is 0 Å². The first-order chi connectivity index (χ1) is 6.53. The first-order valence-corrected chi connectivity index (χ1v) is 4.57. The van der Waals surface area contributed by atoms with Gasteiger partial charge in [-0.15, -0.1) is 0 Å². The summed E-state index contributed by atoms with van der Waals surface area (Å²) in [6.45, 7) is 0. The van der Waals surface area contributed by atoms with Gasteiger partial charge in [0, 0.05) is 17.7 Å². The number of rotatable bonds is 1. The van der Waals surface area contributed by atoms with Crippen molar-refractivity contribution in [2.45, 2.75) is 24.8 Å². The molecular formula is C10H13NO3. The SMILES string of the molecule is NC1(c2c(O)cc(O)cc2O)CCC1. The van der Waals surface area contributed by atoms with Gasteiger partial charge in [-0.1, -0.05) is 0 Å². The Kier molecular flexibility index (Phi) is 1.82. The van der Waals surface area contributed by atoms with Gasteiger partial charge in [0.15, 0.2) is 0 Å². The van der Waals surface area contributed by atoms with Crippen LogP contribution in [0.2, 0.25) is 0 Å². The molecule has 0 radical (unpaired) electrons. The normalized spacial score (nSPS) is 18.9. The quantitative estimate of drug-likeness (QED) is 0.541. The molecule has 1 fully saturated rings. The van der Waals surface area contributed by atoms with Gasteiger partial charge in [-0.05, 0) is 19.3 Å². The Morgan fingerprint density at radius 2 is 1.57 bits per heavy atom. The maximum Gasteiger partial charge on any atom is 0.128 e. The minimum Gasteiger partial charge on any atom is -0.508 e. The van der Waals surface area contributed by atoms with Crippen LogP contribution in [0.4, 0.5) is 0 Å². The Balaban J connectivity index is 2.52. The van der Waals surface area contributed by atoms with Gasteiger partial charge in [-0.2, -0.15) is 0 Å². The van der Waals surface area contributed by atoms with Crippen LogP contribution in [0, 0.1) is 0 Å². The zero-order valence-corrected chi connectivity index (χ0v) is 7.70. The maximum absolute atomic E-state index is 9.57. The topological polar surface area (TPSA) is 86.7 Å². The molecule has 1 saturated carbocycles. The molecule has 14 heavy (non-hydrogen) atoms. The van der Waals surface area contributed by atoms with Gasteiger partial charge in [0.2, 0.25) is 0 Å². The second-order valence-corrected chi connectivity index (χ2v) is 3.87. The highest BCUT2D eigenvalue weighted by molar-refractivity contribution is 5.53. The van der Waals surface area contributed by atoms with Crippen LogP contribution >= 0.6 is 0 Å². The Morgan fingerprint density at radius 1 is 1.07 bits per heavy atom. The molecule has 1 aromatic carbocycles. The highest BCUT2D eigenvalue weighted by Crippen LogP contribution is 2.47. The fraction of sp³-hybridized carbons (Fsp3) is 0.400. The zero-order valence-electron chi connectivity index (χ0n) is 7.70. The number of benzene rings is 1. The second kappa shape index (κ2) is 2.78. The van der Waals surface area contributed by atoms with E-state index in [-0.39, 0.29) is 17.2 Å². The Bertz CT molecular complexity index is 349. The number of phenols is 3. The Hall–Kier alpha value is -1.42. The van der Waals surface area contributed by atoms with Gasteiger partial charge in [-0.25, -0.2) is 0 Å². The summed E-state index contributed by atoms with van der Waals surface area (Å²) in [6.07, 6.45) is 2.49. The average molecular weight is 195 g/mol. The van der Waals surface area contributed by atoms with Crippen molar-refractivity contribution in [2.24, 2.45) is 5.73 Å². The molecule has 1 aliphatic rings. The molecule has 0 bridgehead atoms. The largest absolute Gasteiger partial charge is 0.508 e. The van der Waals surface area contributed by atoms with Crippen LogP contribution in [0.5, 0.6) is 17.2 Å². The predicted octanol–water partition coefficient (Wildman–Crippen LogP) is 1.14. The molecule has 4 nitrogen and oxygen atoms in total. The smallest absolute Gasteiger partial charge is 0.128 e. The standard InChI is InChI=1S/C10H13NO3/c11-10(2-1-3-10)9-7(13)4-6(12)5-8(9)14/h4-5,12-14H,1-3,11H2. The van der Waals surface area contributed by atoms with Crippen LogP contribution in [-0.2, 0) is 5.54 Å². The van der Waals surface area contributed by atoms with E-state index in [2.05, 4.69) is 0 Å². The van der Waals surface area contributed by atoms with E-state index < -0.39 is 5.54 Å². The summed E-state index contributed by atoms with van der Waals surface area (Å²) in [5, 5.41) is 28.3. The summed E-state index contributed by atoms with van der Waals surface area (Å²) in [5.74, 6) is -0.430. The number of hydrogen-bond donors (Lipinski definition) is 4. The number of aromatic hydroxyl groups is 3. The molecule has 0 amide bonds. The molecule has 5 N–H and O–H groups in total. The van der Waals surface area contributed by atoms with Crippen LogP contribution in [-0.4, -0.2) is 15.3 Å². The lowest BCUT2D eigenvalue weighted by molar-refractivity contribution is 0.236. The highest BCUT2D eigenvalue weighted by Gasteiger charge is 2.38. The van der Waals surface area contributed by atoms with Crippen molar-refractivity contribution in [3.8, 4) is 17.2 Å². The minimum atomic E-state index is -0.623. The third-order valence-corrected chi connectivity index (χ3v) is 2.83. The van der Waals surface area contributed by atoms with Crippen molar-refractivity contribution in [3.63, 3.8) is 0 Å². The zero-order chi connectivity index (χ0) is 10.3. The average Bonchev–Trinajstić information content (AvgIpc) is 1.99. The molecule has 1 aromatic rings. The molecule has 0 heterocycles. The first-order valence-electron chi connectivity index (χ1n) is 4.57. The maximum atomic E-state index is 9.57. The Labute approximate surface area is 81.6 Å². The third-order valence-electron chi connectivity index (χ3n) is 2.83. The molecular weight excluding hydrogens is 182 g/mol. The van der Waals surface area contributed by atoms with Crippen molar-refractivity contribution < 1.29 is 15.3 Å². The number of phenolic OH excluding ortho intramolecular Hbond substituents is 3. The summed E-state index contributed by atoms with van der Waals surface area (Å²) in [4.78, 5) is 0. The van der Waals surface area contributed by atoms with Gasteiger partial charge in [0.1, 0.15) is 17.2 Å². The predicted molar refractivity (Wildman–Crippen MR) is 51.2 cm³/mol. The van der Waals surface area contributed by atoms with E-state index in [1.54, 1.807) is 0 Å². The molecule has 0 aliphatic heterocycles. The van der Waals surface area contributed by atoms with E-state index in [4.69, 9.17) is 10.8 Å². The van der Waals surface area contributed by atoms with Gasteiger partial charge >= 0.3 is 0 Å². The van der Waals surface area contributed by atoms with Crippen LogP contribution in [0.15, 0.2) is 12.1 Å². The molecule has 4 heteroatoms. The fourth-order valence-electron chi connectivity index (χ4n) is 1.92. The van der Waals surface area contributed by atoms with E-state index in [1.165, 1.54) is 12.1 Å². The lowest BCUT2D eigenvalue weighted by Gasteiger charge is -2.39. The molecule has 0 spiro atoms. The van der Waals surface area contributed by atoms with Crippen molar-refractivity contribution in [1.82, 2.24) is 0 Å². The highest BCUT2D eigenvalue weighted by atomic mass is 16.3. The molecule has 0 unspecified atom stereocenters. The number of hydrogen-bond acceptors (Lipinski definition) is 4. The van der Waals surface area contributed by atoms with Crippen molar-refractivity contribution in [3.05, 3.63) is 17.7 Å².